The first-order valence-corrected chi connectivity index (χ1v) is 11.0. The number of carbonyl (C=O) groups excluding carboxylic acids is 2. The summed E-state index contributed by atoms with van der Waals surface area (Å²) in [7, 11) is 0. The molecule has 0 radical (unpaired) electrons. The van der Waals surface area contributed by atoms with Gasteiger partial charge in [0.2, 0.25) is 5.91 Å². The Hall–Kier alpha value is -4.59. The van der Waals surface area contributed by atoms with Crippen molar-refractivity contribution in [1.82, 2.24) is 0 Å². The van der Waals surface area contributed by atoms with Crippen molar-refractivity contribution in [3.8, 4) is 11.5 Å². The van der Waals surface area contributed by atoms with Gasteiger partial charge in [-0.05, 0) is 48.5 Å². The normalized spacial score (nSPS) is 12.6. The van der Waals surface area contributed by atoms with Crippen molar-refractivity contribution in [1.29, 1.82) is 0 Å². The molecule has 36 heavy (non-hydrogen) atoms. The van der Waals surface area contributed by atoms with Crippen molar-refractivity contribution >= 4 is 23.2 Å². The smallest absolute Gasteiger partial charge is 0.416 e. The number of nitrogens with one attached hydrogen (secondary N) is 2. The van der Waals surface area contributed by atoms with Gasteiger partial charge in [0.15, 0.2) is 0 Å². The number of fused-ring (bicyclic) bond motifs is 2. The third-order valence-electron chi connectivity index (χ3n) is 5.78. The molecular formula is C28H19F3N2O3. The van der Waals surface area contributed by atoms with Crippen LogP contribution >= 0.6 is 0 Å². The number of hydrogen-bond donors (Lipinski definition) is 2. The number of rotatable bonds is 4. The fraction of sp³-hybridized carbons (Fsp3) is 0.0714. The Bertz CT molecular complexity index is 1420. The largest absolute Gasteiger partial charge is 0.457 e. The standard InChI is InChI=1S/C28H19F3N2O3/c29-28(30,31)18-8-6-10-20(16-18)32-26(34)17-7-5-9-19(15-17)33-27(35)25-21-11-1-3-13-23(21)36-24-14-4-2-12-22(24)25/h1-16,25H,(H,32,34)(H,33,35). The zero-order valence-corrected chi connectivity index (χ0v) is 18.7. The highest BCUT2D eigenvalue weighted by Gasteiger charge is 2.33. The van der Waals surface area contributed by atoms with E-state index in [0.717, 1.165) is 12.1 Å². The Kier molecular flexibility index (Phi) is 5.93. The first-order chi connectivity index (χ1) is 17.3. The fourth-order valence-corrected chi connectivity index (χ4v) is 4.12. The van der Waals surface area contributed by atoms with Crippen molar-refractivity contribution in [3.63, 3.8) is 0 Å². The van der Waals surface area contributed by atoms with Crippen LogP contribution in [0.25, 0.3) is 0 Å². The summed E-state index contributed by atoms with van der Waals surface area (Å²) < 4.78 is 44.9. The molecule has 1 aliphatic heterocycles. The topological polar surface area (TPSA) is 67.4 Å². The van der Waals surface area contributed by atoms with E-state index in [1.807, 2.05) is 36.4 Å². The van der Waals surface area contributed by atoms with Gasteiger partial charge < -0.3 is 15.4 Å². The summed E-state index contributed by atoms with van der Waals surface area (Å²) >= 11 is 0. The molecule has 0 saturated heterocycles. The third kappa shape index (κ3) is 4.65. The van der Waals surface area contributed by atoms with Gasteiger partial charge in [-0.2, -0.15) is 13.2 Å². The van der Waals surface area contributed by atoms with E-state index in [0.29, 0.717) is 28.3 Å². The number of alkyl halides is 3. The fourth-order valence-electron chi connectivity index (χ4n) is 4.12. The molecule has 4 aromatic rings. The summed E-state index contributed by atoms with van der Waals surface area (Å²) in [6.07, 6.45) is -4.52. The number of anilines is 2. The molecule has 0 aliphatic carbocycles. The van der Waals surface area contributed by atoms with Gasteiger partial charge in [-0.3, -0.25) is 9.59 Å². The molecule has 5 nitrogen and oxygen atoms in total. The van der Waals surface area contributed by atoms with Crippen molar-refractivity contribution in [2.45, 2.75) is 12.1 Å². The van der Waals surface area contributed by atoms with Gasteiger partial charge in [0.25, 0.3) is 5.91 Å². The molecule has 0 bridgehead atoms. The molecule has 0 saturated carbocycles. The van der Waals surface area contributed by atoms with E-state index in [9.17, 15) is 22.8 Å². The van der Waals surface area contributed by atoms with Crippen LogP contribution in [0, 0.1) is 0 Å². The maximum Gasteiger partial charge on any atom is 0.416 e. The average Bonchev–Trinajstić information content (AvgIpc) is 2.87. The molecule has 2 amide bonds. The van der Waals surface area contributed by atoms with E-state index < -0.39 is 23.6 Å². The van der Waals surface area contributed by atoms with E-state index in [2.05, 4.69) is 10.6 Å². The third-order valence-corrected chi connectivity index (χ3v) is 5.78. The van der Waals surface area contributed by atoms with Crippen LogP contribution in [-0.2, 0) is 11.0 Å². The molecule has 1 aliphatic rings. The summed E-state index contributed by atoms with van der Waals surface area (Å²) in [4.78, 5) is 26.1. The highest BCUT2D eigenvalue weighted by Crippen LogP contribution is 2.44. The maximum absolute atomic E-state index is 13.4. The SMILES string of the molecule is O=C(Nc1cccc(C(F)(F)F)c1)c1cccc(NC(=O)C2c3ccccc3Oc3ccccc32)c1. The summed E-state index contributed by atoms with van der Waals surface area (Å²) in [5.74, 6) is -0.370. The second-order valence-electron chi connectivity index (χ2n) is 8.21. The molecule has 2 N–H and O–H groups in total. The molecule has 0 atom stereocenters. The van der Waals surface area contributed by atoms with E-state index in [1.165, 1.54) is 24.3 Å². The van der Waals surface area contributed by atoms with Crippen LogP contribution in [-0.4, -0.2) is 11.8 Å². The van der Waals surface area contributed by atoms with E-state index in [4.69, 9.17) is 4.74 Å². The van der Waals surface area contributed by atoms with Gasteiger partial charge >= 0.3 is 6.18 Å². The van der Waals surface area contributed by atoms with Gasteiger partial charge in [-0.1, -0.05) is 48.5 Å². The Labute approximate surface area is 204 Å². The summed E-state index contributed by atoms with van der Waals surface area (Å²) in [5.41, 5.74) is 1.13. The van der Waals surface area contributed by atoms with Crippen molar-refractivity contribution in [3.05, 3.63) is 119 Å². The second kappa shape index (κ2) is 9.22. The predicted molar refractivity (Wildman–Crippen MR) is 129 cm³/mol. The minimum Gasteiger partial charge on any atom is -0.457 e. The summed E-state index contributed by atoms with van der Waals surface area (Å²) in [6.45, 7) is 0. The molecule has 8 heteroatoms. The summed E-state index contributed by atoms with van der Waals surface area (Å²) in [6, 6.07) is 25.2. The van der Waals surface area contributed by atoms with Crippen LogP contribution in [0.15, 0.2) is 97.1 Å². The van der Waals surface area contributed by atoms with Gasteiger partial charge in [-0.15, -0.1) is 0 Å². The monoisotopic (exact) mass is 488 g/mol. The quantitative estimate of drug-likeness (QED) is 0.331. The Morgan fingerprint density at radius 2 is 1.28 bits per heavy atom. The molecule has 1 heterocycles. The lowest BCUT2D eigenvalue weighted by Crippen LogP contribution is -2.25. The predicted octanol–water partition coefficient (Wildman–Crippen LogP) is 6.83. The molecule has 180 valence electrons. The minimum atomic E-state index is -4.52. The molecule has 0 fully saturated rings. The first-order valence-electron chi connectivity index (χ1n) is 11.0. The lowest BCUT2D eigenvalue weighted by molar-refractivity contribution is -0.137. The highest BCUT2D eigenvalue weighted by molar-refractivity contribution is 6.06. The van der Waals surface area contributed by atoms with Gasteiger partial charge in [0.05, 0.1) is 11.5 Å². The van der Waals surface area contributed by atoms with Crippen LogP contribution in [0.1, 0.15) is 33.0 Å². The highest BCUT2D eigenvalue weighted by atomic mass is 19.4. The van der Waals surface area contributed by atoms with Crippen molar-refractivity contribution in [2.24, 2.45) is 0 Å². The molecule has 5 rings (SSSR count). The Balaban J connectivity index is 1.37. The molecule has 0 spiro atoms. The van der Waals surface area contributed by atoms with E-state index in [1.54, 1.807) is 24.3 Å². The van der Waals surface area contributed by atoms with Crippen LogP contribution in [0.3, 0.4) is 0 Å². The number of ether oxygens (including phenoxy) is 1. The molecular weight excluding hydrogens is 469 g/mol. The first kappa shape index (κ1) is 23.2. The van der Waals surface area contributed by atoms with Crippen LogP contribution in [0.5, 0.6) is 11.5 Å². The molecule has 4 aromatic carbocycles. The van der Waals surface area contributed by atoms with E-state index >= 15 is 0 Å². The lowest BCUT2D eigenvalue weighted by atomic mass is 9.87. The number of carbonyl (C=O) groups is 2. The number of hydrogen-bond acceptors (Lipinski definition) is 3. The molecule has 0 unspecified atom stereocenters. The van der Waals surface area contributed by atoms with Crippen molar-refractivity contribution < 1.29 is 27.5 Å². The van der Waals surface area contributed by atoms with Crippen LogP contribution in [0.2, 0.25) is 0 Å². The number of amides is 2. The number of para-hydroxylation sites is 2. The van der Waals surface area contributed by atoms with E-state index in [-0.39, 0.29) is 17.2 Å². The van der Waals surface area contributed by atoms with Gasteiger partial charge in [-0.25, -0.2) is 0 Å². The summed E-state index contributed by atoms with van der Waals surface area (Å²) in [5, 5.41) is 5.33. The van der Waals surface area contributed by atoms with Crippen LogP contribution in [0.4, 0.5) is 24.5 Å². The number of benzene rings is 4. The Morgan fingerprint density at radius 3 is 1.92 bits per heavy atom. The second-order valence-corrected chi connectivity index (χ2v) is 8.21. The van der Waals surface area contributed by atoms with Gasteiger partial charge in [0, 0.05) is 28.1 Å². The number of halogens is 3. The maximum atomic E-state index is 13.4. The Morgan fingerprint density at radius 1 is 0.694 bits per heavy atom. The lowest BCUT2D eigenvalue weighted by Gasteiger charge is -2.27. The van der Waals surface area contributed by atoms with Crippen LogP contribution < -0.4 is 15.4 Å². The minimum absolute atomic E-state index is 0.0136. The zero-order valence-electron chi connectivity index (χ0n) is 18.7. The zero-order chi connectivity index (χ0) is 25.3. The average molecular weight is 488 g/mol. The van der Waals surface area contributed by atoms with Gasteiger partial charge in [0.1, 0.15) is 11.5 Å². The van der Waals surface area contributed by atoms with Crippen molar-refractivity contribution in [2.75, 3.05) is 10.6 Å². The molecule has 0 aromatic heterocycles.